The van der Waals surface area contributed by atoms with Gasteiger partial charge in [0.2, 0.25) is 0 Å². The van der Waals surface area contributed by atoms with E-state index in [1.54, 1.807) is 0 Å². The molecule has 2 rings (SSSR count). The Kier molecular flexibility index (Phi) is 8.85. The zero-order chi connectivity index (χ0) is 15.8. The quantitative estimate of drug-likeness (QED) is 0.434. The van der Waals surface area contributed by atoms with Crippen LogP contribution in [0.15, 0.2) is 0 Å². The van der Waals surface area contributed by atoms with Gasteiger partial charge in [0.05, 0.1) is 0 Å². The molecule has 2 saturated carbocycles. The summed E-state index contributed by atoms with van der Waals surface area (Å²) in [5.74, 6) is 9.35. The van der Waals surface area contributed by atoms with Crippen molar-refractivity contribution < 1.29 is 22.4 Å². The van der Waals surface area contributed by atoms with Crippen molar-refractivity contribution in [3.05, 3.63) is 0 Å². The van der Waals surface area contributed by atoms with Crippen LogP contribution >= 0.6 is 0 Å². The van der Waals surface area contributed by atoms with Gasteiger partial charge in [-0.25, -0.2) is 0 Å². The molecule has 2 fully saturated rings. The minimum absolute atomic E-state index is 0. The second-order valence-corrected chi connectivity index (χ2v) is 8.59. The van der Waals surface area contributed by atoms with Crippen LogP contribution < -0.4 is 0 Å². The predicted octanol–water partition coefficient (Wildman–Crippen LogP) is 6.36. The minimum atomic E-state index is 0. The molecule has 0 aromatic carbocycles. The molecule has 1 heteroatoms. The van der Waals surface area contributed by atoms with Crippen molar-refractivity contribution in [1.29, 1.82) is 0 Å². The second-order valence-electron chi connectivity index (χ2n) is 8.59. The van der Waals surface area contributed by atoms with E-state index in [1.165, 1.54) is 0 Å². The maximum atomic E-state index is 2.40. The third-order valence-corrected chi connectivity index (χ3v) is 8.29. The molecule has 0 heterocycles. The molecule has 0 atom stereocenters. The van der Waals surface area contributed by atoms with E-state index in [1.807, 2.05) is 0 Å². The third-order valence-electron chi connectivity index (χ3n) is 8.29. The average molecular weight is 373 g/mol. The van der Waals surface area contributed by atoms with Crippen LogP contribution in [0.4, 0.5) is 0 Å². The van der Waals surface area contributed by atoms with Gasteiger partial charge < -0.3 is 0 Å². The Balaban J connectivity index is 0.000000364. The zero-order valence-corrected chi connectivity index (χ0v) is 18.4. The Labute approximate surface area is 150 Å². The molecule has 0 aliphatic heterocycles. The van der Waals surface area contributed by atoms with E-state index in [0.717, 1.165) is 59.2 Å². The van der Waals surface area contributed by atoms with Gasteiger partial charge in [-0.15, -0.1) is 0 Å². The fraction of sp³-hybridized carbons (Fsp3) is 1.00. The molecule has 1 radical (unpaired) electrons. The molecule has 0 N–H and O–H groups in total. The van der Waals surface area contributed by atoms with Crippen molar-refractivity contribution in [1.82, 2.24) is 0 Å². The van der Waals surface area contributed by atoms with Crippen LogP contribution in [0.5, 0.6) is 0 Å². The van der Waals surface area contributed by atoms with Crippen molar-refractivity contribution in [3.63, 3.8) is 0 Å². The van der Waals surface area contributed by atoms with Gasteiger partial charge in [0.15, 0.2) is 0 Å². The normalized spacial score (nSPS) is 52.9. The molecule has 0 bridgehead atoms. The molecule has 0 saturated heterocycles. The Bertz CT molecular complexity index is 181. The summed E-state index contributed by atoms with van der Waals surface area (Å²) < 4.78 is 0. The van der Waals surface area contributed by atoms with Crippen LogP contribution in [0, 0.1) is 59.2 Å². The van der Waals surface area contributed by atoms with Crippen LogP contribution in [0.2, 0.25) is 0 Å². The molecule has 0 spiro atoms. The van der Waals surface area contributed by atoms with Crippen molar-refractivity contribution in [2.75, 3.05) is 0 Å². The molecule has 2 aliphatic rings. The molecule has 21 heavy (non-hydrogen) atoms. The first-order chi connectivity index (χ1) is 9.11. The van der Waals surface area contributed by atoms with Crippen molar-refractivity contribution in [3.8, 4) is 0 Å². The summed E-state index contributed by atoms with van der Waals surface area (Å²) in [6, 6.07) is 0. The van der Waals surface area contributed by atoms with Gasteiger partial charge >= 0.3 is 0 Å². The van der Waals surface area contributed by atoms with E-state index in [2.05, 4.69) is 69.2 Å². The Morgan fingerprint density at radius 1 is 0.238 bits per heavy atom. The fourth-order valence-corrected chi connectivity index (χ4v) is 4.79. The fourth-order valence-electron chi connectivity index (χ4n) is 4.79. The van der Waals surface area contributed by atoms with Gasteiger partial charge in [-0.05, 0) is 59.2 Å². The molecule has 0 aromatic rings. The van der Waals surface area contributed by atoms with E-state index in [4.69, 9.17) is 0 Å². The SMILES string of the molecule is CC1C(C)C(C)C(C)C1C.CC1C(C)C(C)C(C)C1C.[Nb]. The smallest absolute Gasteiger partial charge is 0 e. The van der Waals surface area contributed by atoms with Gasteiger partial charge in [0.1, 0.15) is 0 Å². The van der Waals surface area contributed by atoms with Gasteiger partial charge in [0, 0.05) is 22.4 Å². The van der Waals surface area contributed by atoms with Crippen LogP contribution in [0.3, 0.4) is 0 Å². The summed E-state index contributed by atoms with van der Waals surface area (Å²) >= 11 is 0. The minimum Gasteiger partial charge on any atom is -0.0620 e. The van der Waals surface area contributed by atoms with Gasteiger partial charge in [-0.2, -0.15) is 0 Å². The maximum Gasteiger partial charge on any atom is 0 e. The summed E-state index contributed by atoms with van der Waals surface area (Å²) in [6.45, 7) is 24.0. The molecule has 0 nitrogen and oxygen atoms in total. The van der Waals surface area contributed by atoms with Crippen LogP contribution in [0.1, 0.15) is 69.2 Å². The number of rotatable bonds is 0. The van der Waals surface area contributed by atoms with Gasteiger partial charge in [-0.1, -0.05) is 69.2 Å². The molecule has 2 aliphatic carbocycles. The summed E-state index contributed by atoms with van der Waals surface area (Å²) in [5, 5.41) is 0. The summed E-state index contributed by atoms with van der Waals surface area (Å²) in [4.78, 5) is 0. The molecular formula is C20H40Nb. The third kappa shape index (κ3) is 4.39. The van der Waals surface area contributed by atoms with Crippen LogP contribution in [0.25, 0.3) is 0 Å². The summed E-state index contributed by atoms with van der Waals surface area (Å²) in [6.07, 6.45) is 0. The topological polar surface area (TPSA) is 0 Å². The molecular weight excluding hydrogens is 333 g/mol. The molecule has 0 aromatic heterocycles. The van der Waals surface area contributed by atoms with E-state index >= 15 is 0 Å². The van der Waals surface area contributed by atoms with E-state index in [9.17, 15) is 0 Å². The summed E-state index contributed by atoms with van der Waals surface area (Å²) in [7, 11) is 0. The number of hydrogen-bond donors (Lipinski definition) is 0. The largest absolute Gasteiger partial charge is 0.0620 e. The molecule has 125 valence electrons. The molecule has 0 unspecified atom stereocenters. The first kappa shape index (κ1) is 21.7. The standard InChI is InChI=1S/2C10H20.Nb/c2*1-6-7(2)9(4)10(5)8(6)3;/h2*6-10H,1-5H3;. The maximum absolute atomic E-state index is 2.40. The predicted molar refractivity (Wildman–Crippen MR) is 91.6 cm³/mol. The first-order valence-corrected chi connectivity index (χ1v) is 9.11. The Morgan fingerprint density at radius 3 is 0.333 bits per heavy atom. The molecule has 0 amide bonds. The van der Waals surface area contributed by atoms with Crippen molar-refractivity contribution in [2.24, 2.45) is 59.2 Å². The zero-order valence-electron chi connectivity index (χ0n) is 16.2. The van der Waals surface area contributed by atoms with Gasteiger partial charge in [-0.3, -0.25) is 0 Å². The van der Waals surface area contributed by atoms with E-state index in [0.29, 0.717) is 0 Å². The van der Waals surface area contributed by atoms with E-state index < -0.39 is 0 Å². The van der Waals surface area contributed by atoms with Crippen LogP contribution in [-0.2, 0) is 22.4 Å². The average Bonchev–Trinajstić information content (AvgIpc) is 2.71. The van der Waals surface area contributed by atoms with Crippen LogP contribution in [-0.4, -0.2) is 0 Å². The van der Waals surface area contributed by atoms with Crippen molar-refractivity contribution in [2.45, 2.75) is 69.2 Å². The second kappa shape index (κ2) is 8.55. The Hall–Kier alpha value is 0.740. The van der Waals surface area contributed by atoms with E-state index in [-0.39, 0.29) is 22.4 Å². The Morgan fingerprint density at radius 2 is 0.286 bits per heavy atom. The van der Waals surface area contributed by atoms with Crippen molar-refractivity contribution >= 4 is 0 Å². The monoisotopic (exact) mass is 373 g/mol. The van der Waals surface area contributed by atoms with Gasteiger partial charge in [0.25, 0.3) is 0 Å². The first-order valence-electron chi connectivity index (χ1n) is 9.11. The summed E-state index contributed by atoms with van der Waals surface area (Å²) in [5.41, 5.74) is 0. The number of hydrogen-bond acceptors (Lipinski definition) is 0.